The van der Waals surface area contributed by atoms with Crippen LogP contribution in [0, 0.1) is 32.4 Å². The highest BCUT2D eigenvalue weighted by molar-refractivity contribution is 5.56. The molecule has 1 heterocycles. The van der Waals surface area contributed by atoms with Gasteiger partial charge in [-0.15, -0.1) is 0 Å². The molecular weight excluding hydrogens is 340 g/mol. The van der Waals surface area contributed by atoms with Gasteiger partial charge in [0, 0.05) is 0 Å². The lowest BCUT2D eigenvalue weighted by molar-refractivity contribution is 0.435. The predicted molar refractivity (Wildman–Crippen MR) is 94.6 cm³/mol. The Kier molecular flexibility index (Phi) is 4.66. The van der Waals surface area contributed by atoms with E-state index >= 15 is 0 Å². The molecule has 3 rings (SSSR count). The summed E-state index contributed by atoms with van der Waals surface area (Å²) < 4.78 is 33.3. The number of aryl methyl sites for hydroxylation is 3. The van der Waals surface area contributed by atoms with Crippen molar-refractivity contribution < 1.29 is 13.5 Å². The van der Waals surface area contributed by atoms with E-state index in [1.54, 1.807) is 0 Å². The number of benzene rings is 2. The Morgan fingerprint density at radius 1 is 0.962 bits per heavy atom. The fourth-order valence-corrected chi connectivity index (χ4v) is 2.62. The molecule has 134 valence electrons. The average molecular weight is 357 g/mol. The molecule has 0 radical (unpaired) electrons. The molecule has 3 N–H and O–H groups in total. The van der Waals surface area contributed by atoms with Crippen LogP contribution in [0.1, 0.15) is 16.7 Å². The summed E-state index contributed by atoms with van der Waals surface area (Å²) in [6.07, 6.45) is 0. The molecule has 8 heteroatoms. The minimum Gasteiger partial charge on any atom is -0.424 e. The molecule has 0 saturated carbocycles. The minimum absolute atomic E-state index is 0.0770. The zero-order valence-corrected chi connectivity index (χ0v) is 14.5. The lowest BCUT2D eigenvalue weighted by Crippen LogP contribution is -2.07. The molecule has 0 saturated heterocycles. The Balaban J connectivity index is 1.94. The fraction of sp³-hybridized carbons (Fsp3) is 0.167. The molecule has 0 atom stereocenters. The summed E-state index contributed by atoms with van der Waals surface area (Å²) in [7, 11) is 0. The van der Waals surface area contributed by atoms with Crippen LogP contribution >= 0.6 is 0 Å². The second-order valence-electron chi connectivity index (χ2n) is 5.85. The maximum atomic E-state index is 13.8. The molecule has 0 bridgehead atoms. The van der Waals surface area contributed by atoms with Gasteiger partial charge < -0.3 is 15.8 Å². The number of halogens is 2. The monoisotopic (exact) mass is 357 g/mol. The van der Waals surface area contributed by atoms with Crippen LogP contribution in [0.5, 0.6) is 11.8 Å². The van der Waals surface area contributed by atoms with E-state index in [2.05, 4.69) is 20.3 Å². The van der Waals surface area contributed by atoms with Crippen molar-refractivity contribution in [1.82, 2.24) is 15.0 Å². The third-order valence-corrected chi connectivity index (χ3v) is 3.63. The summed E-state index contributed by atoms with van der Waals surface area (Å²) in [6, 6.07) is 7.34. The van der Waals surface area contributed by atoms with Gasteiger partial charge in [0.15, 0.2) is 0 Å². The van der Waals surface area contributed by atoms with Crippen molar-refractivity contribution in [3.05, 3.63) is 58.7 Å². The van der Waals surface area contributed by atoms with E-state index in [1.165, 1.54) is 6.07 Å². The van der Waals surface area contributed by atoms with Crippen LogP contribution in [-0.4, -0.2) is 15.0 Å². The summed E-state index contributed by atoms with van der Waals surface area (Å²) in [6.45, 7) is 5.78. The number of para-hydroxylation sites is 1. The van der Waals surface area contributed by atoms with Gasteiger partial charge in [0.1, 0.15) is 23.1 Å². The highest BCUT2D eigenvalue weighted by atomic mass is 19.1. The molecule has 0 spiro atoms. The molecule has 0 aliphatic heterocycles. The molecular formula is C18H17F2N5O. The number of nitrogen functional groups attached to an aromatic ring is 1. The Morgan fingerprint density at radius 2 is 1.58 bits per heavy atom. The van der Waals surface area contributed by atoms with Crippen molar-refractivity contribution in [3.63, 3.8) is 0 Å². The van der Waals surface area contributed by atoms with Gasteiger partial charge >= 0.3 is 6.01 Å². The Labute approximate surface area is 149 Å². The van der Waals surface area contributed by atoms with Gasteiger partial charge in [-0.05, 0) is 44.0 Å². The lowest BCUT2D eigenvalue weighted by atomic mass is 10.1. The second-order valence-corrected chi connectivity index (χ2v) is 5.85. The first kappa shape index (κ1) is 17.5. The first-order valence-corrected chi connectivity index (χ1v) is 7.82. The smallest absolute Gasteiger partial charge is 0.328 e. The molecule has 0 aliphatic carbocycles. The largest absolute Gasteiger partial charge is 0.424 e. The van der Waals surface area contributed by atoms with Gasteiger partial charge in [0.05, 0.1) is 0 Å². The van der Waals surface area contributed by atoms with Crippen LogP contribution in [0.4, 0.5) is 26.4 Å². The van der Waals surface area contributed by atoms with E-state index < -0.39 is 11.6 Å². The maximum absolute atomic E-state index is 13.8. The van der Waals surface area contributed by atoms with Crippen molar-refractivity contribution in [1.29, 1.82) is 0 Å². The molecule has 6 nitrogen and oxygen atoms in total. The van der Waals surface area contributed by atoms with Crippen LogP contribution in [0.2, 0.25) is 0 Å². The Bertz CT molecular complexity index is 935. The van der Waals surface area contributed by atoms with Crippen molar-refractivity contribution in [2.75, 3.05) is 11.1 Å². The first-order valence-electron chi connectivity index (χ1n) is 7.82. The Hall–Kier alpha value is -3.29. The quantitative estimate of drug-likeness (QED) is 0.728. The van der Waals surface area contributed by atoms with Crippen LogP contribution in [0.15, 0.2) is 30.3 Å². The minimum atomic E-state index is -0.781. The number of nitrogens with two attached hydrogens (primary N) is 1. The van der Waals surface area contributed by atoms with Gasteiger partial charge in [0.25, 0.3) is 0 Å². The van der Waals surface area contributed by atoms with E-state index in [-0.39, 0.29) is 23.6 Å². The second kappa shape index (κ2) is 6.91. The summed E-state index contributed by atoms with van der Waals surface area (Å²) in [5, 5.41) is 2.47. The molecule has 0 aliphatic rings. The van der Waals surface area contributed by atoms with Gasteiger partial charge in [-0.2, -0.15) is 15.0 Å². The van der Waals surface area contributed by atoms with Gasteiger partial charge in [-0.1, -0.05) is 23.8 Å². The summed E-state index contributed by atoms with van der Waals surface area (Å²) in [5.74, 6) is -1.24. The van der Waals surface area contributed by atoms with E-state index in [4.69, 9.17) is 10.5 Å². The summed E-state index contributed by atoms with van der Waals surface area (Å²) in [5.41, 5.74) is 8.19. The number of hydrogen-bond acceptors (Lipinski definition) is 6. The van der Waals surface area contributed by atoms with Crippen LogP contribution in [-0.2, 0) is 0 Å². The molecule has 2 aromatic carbocycles. The number of nitrogens with zero attached hydrogens (tertiary/aromatic N) is 3. The summed E-state index contributed by atoms with van der Waals surface area (Å²) in [4.78, 5) is 11.8. The fourth-order valence-electron chi connectivity index (χ4n) is 2.62. The third-order valence-electron chi connectivity index (χ3n) is 3.63. The number of aromatic nitrogens is 3. The lowest BCUT2D eigenvalue weighted by Gasteiger charge is -2.13. The number of nitrogens with one attached hydrogen (secondary N) is 1. The molecule has 26 heavy (non-hydrogen) atoms. The van der Waals surface area contributed by atoms with Gasteiger partial charge in [-0.25, -0.2) is 8.78 Å². The highest BCUT2D eigenvalue weighted by Gasteiger charge is 2.14. The predicted octanol–water partition coefficient (Wildman–Crippen LogP) is 4.19. The standard InChI is InChI=1S/C18H17F2N5O/c1-9-7-10(2)15(11(3)8-9)26-18-24-16(21)23-17(25-18)22-14-12(19)5-4-6-13(14)20/h4-8H,1-3H3,(H3,21,22,23,24,25). The SMILES string of the molecule is Cc1cc(C)c(Oc2nc(N)nc(Nc3c(F)cccc3F)n2)c(C)c1. The van der Waals surface area contributed by atoms with E-state index in [9.17, 15) is 8.78 Å². The zero-order chi connectivity index (χ0) is 18.8. The van der Waals surface area contributed by atoms with Crippen molar-refractivity contribution in [2.24, 2.45) is 0 Å². The third kappa shape index (κ3) is 3.69. The van der Waals surface area contributed by atoms with E-state index in [1.807, 2.05) is 32.9 Å². The highest BCUT2D eigenvalue weighted by Crippen LogP contribution is 2.29. The number of hydrogen-bond donors (Lipinski definition) is 2. The molecule has 0 unspecified atom stereocenters. The van der Waals surface area contributed by atoms with E-state index in [0.717, 1.165) is 28.8 Å². The van der Waals surface area contributed by atoms with Crippen LogP contribution in [0.25, 0.3) is 0 Å². The topological polar surface area (TPSA) is 86.0 Å². The maximum Gasteiger partial charge on any atom is 0.328 e. The number of ether oxygens (including phenoxy) is 1. The van der Waals surface area contributed by atoms with Crippen LogP contribution in [0.3, 0.4) is 0 Å². The molecule has 3 aromatic rings. The van der Waals surface area contributed by atoms with Crippen molar-refractivity contribution >= 4 is 17.6 Å². The van der Waals surface area contributed by atoms with Gasteiger partial charge in [0.2, 0.25) is 11.9 Å². The molecule has 0 amide bonds. The average Bonchev–Trinajstić information content (AvgIpc) is 2.54. The van der Waals surface area contributed by atoms with Crippen LogP contribution < -0.4 is 15.8 Å². The first-order chi connectivity index (χ1) is 12.3. The number of rotatable bonds is 4. The number of anilines is 3. The van der Waals surface area contributed by atoms with Crippen molar-refractivity contribution in [2.45, 2.75) is 20.8 Å². The van der Waals surface area contributed by atoms with Crippen molar-refractivity contribution in [3.8, 4) is 11.8 Å². The molecule has 0 fully saturated rings. The van der Waals surface area contributed by atoms with E-state index in [0.29, 0.717) is 5.75 Å². The Morgan fingerprint density at radius 3 is 2.19 bits per heavy atom. The normalized spacial score (nSPS) is 10.7. The zero-order valence-electron chi connectivity index (χ0n) is 14.5. The molecule has 1 aromatic heterocycles. The van der Waals surface area contributed by atoms with Gasteiger partial charge in [-0.3, -0.25) is 0 Å². The summed E-state index contributed by atoms with van der Waals surface area (Å²) >= 11 is 0.